The summed E-state index contributed by atoms with van der Waals surface area (Å²) in [7, 11) is 0. The van der Waals surface area contributed by atoms with Gasteiger partial charge in [-0.25, -0.2) is 4.98 Å². The number of benzene rings is 1. The van der Waals surface area contributed by atoms with Gasteiger partial charge in [-0.05, 0) is 18.9 Å². The Kier molecular flexibility index (Phi) is 6.40. The number of ether oxygens (including phenoxy) is 1. The van der Waals surface area contributed by atoms with E-state index in [4.69, 9.17) is 4.74 Å². The lowest BCUT2D eigenvalue weighted by Crippen LogP contribution is -2.09. The summed E-state index contributed by atoms with van der Waals surface area (Å²) < 4.78 is 5.59. The summed E-state index contributed by atoms with van der Waals surface area (Å²) in [6.07, 6.45) is 0.891. The topological polar surface area (TPSA) is 64.1 Å². The second-order valence-electron chi connectivity index (χ2n) is 5.07. The average molecular weight is 331 g/mol. The highest BCUT2D eigenvalue weighted by Crippen LogP contribution is 2.34. The standard InChI is InChI=1S/C17H21N3O2S/c1-4-10-22-16-11-15(18-13(3)21)19-17(20-16)23-12(2)14-8-6-5-7-9-14/h5-9,11-12H,4,10H2,1-3H3,(H,18,19,20,21). The van der Waals surface area contributed by atoms with Crippen LogP contribution in [-0.2, 0) is 4.79 Å². The molecule has 23 heavy (non-hydrogen) atoms. The molecule has 0 saturated heterocycles. The predicted octanol–water partition coefficient (Wildman–Crippen LogP) is 4.08. The molecule has 1 heterocycles. The SMILES string of the molecule is CCCOc1cc(NC(C)=O)nc(SC(C)c2ccccc2)n1. The summed E-state index contributed by atoms with van der Waals surface area (Å²) in [5, 5.41) is 3.47. The zero-order valence-corrected chi connectivity index (χ0v) is 14.4. The molecule has 2 rings (SSSR count). The molecule has 122 valence electrons. The van der Waals surface area contributed by atoms with E-state index in [9.17, 15) is 4.79 Å². The van der Waals surface area contributed by atoms with Gasteiger partial charge in [0.15, 0.2) is 5.16 Å². The molecule has 0 aliphatic carbocycles. The van der Waals surface area contributed by atoms with Crippen molar-refractivity contribution in [3.63, 3.8) is 0 Å². The Morgan fingerprint density at radius 2 is 2.04 bits per heavy atom. The molecule has 2 aromatic rings. The van der Waals surface area contributed by atoms with E-state index in [1.54, 1.807) is 6.07 Å². The monoisotopic (exact) mass is 331 g/mol. The van der Waals surface area contributed by atoms with Crippen molar-refractivity contribution < 1.29 is 9.53 Å². The van der Waals surface area contributed by atoms with Crippen LogP contribution in [0.2, 0.25) is 0 Å². The molecule has 6 heteroatoms. The highest BCUT2D eigenvalue weighted by Gasteiger charge is 2.12. The van der Waals surface area contributed by atoms with Gasteiger partial charge in [0.1, 0.15) is 5.82 Å². The third-order valence-electron chi connectivity index (χ3n) is 2.99. The third kappa shape index (κ3) is 5.56. The Hall–Kier alpha value is -2.08. The van der Waals surface area contributed by atoms with E-state index in [1.165, 1.54) is 24.2 Å². The van der Waals surface area contributed by atoms with Gasteiger partial charge in [-0.1, -0.05) is 49.0 Å². The fraction of sp³-hybridized carbons (Fsp3) is 0.353. The maximum Gasteiger partial charge on any atom is 0.222 e. The number of nitrogens with zero attached hydrogens (tertiary/aromatic N) is 2. The minimum Gasteiger partial charge on any atom is -0.478 e. The largest absolute Gasteiger partial charge is 0.478 e. The average Bonchev–Trinajstić information content (AvgIpc) is 2.53. The summed E-state index contributed by atoms with van der Waals surface area (Å²) in [4.78, 5) is 20.1. The first-order chi connectivity index (χ1) is 11.1. The zero-order valence-electron chi connectivity index (χ0n) is 13.6. The number of nitrogens with one attached hydrogen (secondary N) is 1. The number of aromatic nitrogens is 2. The highest BCUT2D eigenvalue weighted by molar-refractivity contribution is 7.99. The Morgan fingerprint density at radius 1 is 1.30 bits per heavy atom. The molecule has 1 N–H and O–H groups in total. The molecule has 0 saturated carbocycles. The van der Waals surface area contributed by atoms with Gasteiger partial charge < -0.3 is 10.1 Å². The Morgan fingerprint density at radius 3 is 2.70 bits per heavy atom. The highest BCUT2D eigenvalue weighted by atomic mass is 32.2. The minimum atomic E-state index is -0.169. The van der Waals surface area contributed by atoms with Crippen LogP contribution >= 0.6 is 11.8 Å². The van der Waals surface area contributed by atoms with Gasteiger partial charge >= 0.3 is 0 Å². The lowest BCUT2D eigenvalue weighted by Gasteiger charge is -2.13. The molecule has 1 unspecified atom stereocenters. The molecule has 0 spiro atoms. The summed E-state index contributed by atoms with van der Waals surface area (Å²) in [6.45, 7) is 6.16. The van der Waals surface area contributed by atoms with Crippen molar-refractivity contribution in [1.29, 1.82) is 0 Å². The van der Waals surface area contributed by atoms with Crippen molar-refractivity contribution >= 4 is 23.5 Å². The Bertz CT molecular complexity index is 650. The fourth-order valence-electron chi connectivity index (χ4n) is 1.93. The first kappa shape index (κ1) is 17.3. The van der Waals surface area contributed by atoms with Crippen molar-refractivity contribution in [2.24, 2.45) is 0 Å². The number of amides is 1. The van der Waals surface area contributed by atoms with Gasteiger partial charge in [0.2, 0.25) is 11.8 Å². The van der Waals surface area contributed by atoms with Crippen LogP contribution < -0.4 is 10.1 Å². The molecule has 0 fully saturated rings. The van der Waals surface area contributed by atoms with Crippen LogP contribution in [-0.4, -0.2) is 22.5 Å². The number of thioether (sulfide) groups is 1. The van der Waals surface area contributed by atoms with Crippen LogP contribution in [0.3, 0.4) is 0 Å². The maximum absolute atomic E-state index is 11.3. The summed E-state index contributed by atoms with van der Waals surface area (Å²) in [5.41, 5.74) is 1.20. The zero-order chi connectivity index (χ0) is 16.7. The van der Waals surface area contributed by atoms with Crippen LogP contribution in [0.1, 0.15) is 38.0 Å². The number of hydrogen-bond donors (Lipinski definition) is 1. The van der Waals surface area contributed by atoms with Crippen molar-refractivity contribution in [2.75, 3.05) is 11.9 Å². The van der Waals surface area contributed by atoms with Crippen LogP contribution in [0.25, 0.3) is 0 Å². The lowest BCUT2D eigenvalue weighted by molar-refractivity contribution is -0.114. The number of carbonyl (C=O) groups is 1. The summed E-state index contributed by atoms with van der Waals surface area (Å²) >= 11 is 1.53. The van der Waals surface area contributed by atoms with Gasteiger partial charge in [0.05, 0.1) is 6.61 Å². The molecule has 5 nitrogen and oxygen atoms in total. The van der Waals surface area contributed by atoms with Crippen molar-refractivity contribution in [3.8, 4) is 5.88 Å². The van der Waals surface area contributed by atoms with E-state index in [2.05, 4.69) is 34.3 Å². The summed E-state index contributed by atoms with van der Waals surface area (Å²) in [6, 6.07) is 11.8. The molecule has 0 bridgehead atoms. The van der Waals surface area contributed by atoms with E-state index in [0.717, 1.165) is 6.42 Å². The van der Waals surface area contributed by atoms with E-state index < -0.39 is 0 Å². The molecule has 1 atom stereocenters. The molecular formula is C17H21N3O2S. The normalized spacial score (nSPS) is 11.8. The number of carbonyl (C=O) groups excluding carboxylic acids is 1. The quantitative estimate of drug-likeness (QED) is 0.612. The third-order valence-corrected chi connectivity index (χ3v) is 4.01. The van der Waals surface area contributed by atoms with Crippen LogP contribution in [0.5, 0.6) is 5.88 Å². The first-order valence-electron chi connectivity index (χ1n) is 7.59. The van der Waals surface area contributed by atoms with Crippen molar-refractivity contribution in [1.82, 2.24) is 9.97 Å². The van der Waals surface area contributed by atoms with Crippen LogP contribution in [0, 0.1) is 0 Å². The second kappa shape index (κ2) is 8.53. The smallest absolute Gasteiger partial charge is 0.222 e. The van der Waals surface area contributed by atoms with Crippen molar-refractivity contribution in [2.45, 2.75) is 37.6 Å². The van der Waals surface area contributed by atoms with Crippen LogP contribution in [0.4, 0.5) is 5.82 Å². The molecular weight excluding hydrogens is 310 g/mol. The molecule has 1 aromatic heterocycles. The van der Waals surface area contributed by atoms with Gasteiger partial charge in [-0.15, -0.1) is 0 Å². The lowest BCUT2D eigenvalue weighted by atomic mass is 10.2. The maximum atomic E-state index is 11.3. The number of hydrogen-bond acceptors (Lipinski definition) is 5. The number of anilines is 1. The Balaban J connectivity index is 2.20. The van der Waals surface area contributed by atoms with Gasteiger partial charge in [0.25, 0.3) is 0 Å². The van der Waals surface area contributed by atoms with E-state index in [1.807, 2.05) is 25.1 Å². The number of rotatable bonds is 7. The molecule has 0 aliphatic rings. The second-order valence-corrected chi connectivity index (χ2v) is 6.38. The summed E-state index contributed by atoms with van der Waals surface area (Å²) in [5.74, 6) is 0.770. The molecule has 0 aliphatic heterocycles. The van der Waals surface area contributed by atoms with Gasteiger partial charge in [-0.2, -0.15) is 4.98 Å². The van der Waals surface area contributed by atoms with Crippen LogP contribution in [0.15, 0.2) is 41.6 Å². The van der Waals surface area contributed by atoms with E-state index in [0.29, 0.717) is 23.5 Å². The van der Waals surface area contributed by atoms with E-state index in [-0.39, 0.29) is 11.2 Å². The fourth-order valence-corrected chi connectivity index (χ4v) is 2.83. The van der Waals surface area contributed by atoms with E-state index >= 15 is 0 Å². The first-order valence-corrected chi connectivity index (χ1v) is 8.47. The minimum absolute atomic E-state index is 0.169. The molecule has 0 radical (unpaired) electrons. The Labute approximate surface area is 140 Å². The van der Waals surface area contributed by atoms with Crippen molar-refractivity contribution in [3.05, 3.63) is 42.0 Å². The van der Waals surface area contributed by atoms with Gasteiger partial charge in [-0.3, -0.25) is 4.79 Å². The molecule has 1 amide bonds. The molecule has 1 aromatic carbocycles. The predicted molar refractivity (Wildman–Crippen MR) is 92.8 cm³/mol. The van der Waals surface area contributed by atoms with Gasteiger partial charge in [0, 0.05) is 18.2 Å².